The maximum absolute atomic E-state index is 9.04. The number of nitrogens with zero attached hydrogens (tertiary/aromatic N) is 1. The maximum atomic E-state index is 9.04. The second-order valence-electron chi connectivity index (χ2n) is 10.4. The predicted molar refractivity (Wildman–Crippen MR) is 162 cm³/mol. The Bertz CT molecular complexity index is 1270. The molecule has 0 bridgehead atoms. The Morgan fingerprint density at radius 2 is 1.31 bits per heavy atom. The molecule has 2 aromatic carbocycles. The van der Waals surface area contributed by atoms with E-state index in [0.29, 0.717) is 29.6 Å². The molecular formula is C31H43N3O14. The molecule has 4 N–H and O–H groups in total. The van der Waals surface area contributed by atoms with E-state index in [-0.39, 0.29) is 6.04 Å². The molecule has 17 nitrogen and oxygen atoms in total. The van der Waals surface area contributed by atoms with E-state index in [1.165, 1.54) is 10.6 Å². The maximum Gasteiger partial charge on any atom is 0.351 e. The van der Waals surface area contributed by atoms with E-state index in [0.717, 1.165) is 64.8 Å². The first-order valence-corrected chi connectivity index (χ1v) is 14.9. The number of carboxylic acid groups (broad SMARTS) is 4. The van der Waals surface area contributed by atoms with Gasteiger partial charge in [-0.1, -0.05) is 12.1 Å². The van der Waals surface area contributed by atoms with Gasteiger partial charge in [-0.3, -0.25) is 9.80 Å². The van der Waals surface area contributed by atoms with Crippen molar-refractivity contribution in [2.75, 3.05) is 94.1 Å². The van der Waals surface area contributed by atoms with Crippen molar-refractivity contribution in [3.63, 3.8) is 0 Å². The number of hydrogen-bond donors (Lipinski definition) is 4. The predicted octanol–water partition coefficient (Wildman–Crippen LogP) is -4.44. The Kier molecular flexibility index (Phi) is 16.7. The Hall–Kier alpha value is -4.84. The van der Waals surface area contributed by atoms with Gasteiger partial charge in [0, 0.05) is 31.3 Å². The SMILES string of the molecule is COc1ccccc1[NH+]1CC[NH+](CC(COc2cc(OC)c(OC)c(OC)c2)N2CCOCC2)CC1.O=C([O-])C(=O)O.O=C([O-])C(=O)O. The van der Waals surface area contributed by atoms with Crippen LogP contribution in [0.4, 0.5) is 5.69 Å². The van der Waals surface area contributed by atoms with Crippen LogP contribution in [-0.2, 0) is 23.9 Å². The van der Waals surface area contributed by atoms with Crippen molar-refractivity contribution in [3.05, 3.63) is 36.4 Å². The van der Waals surface area contributed by atoms with Crippen LogP contribution in [0.25, 0.3) is 0 Å². The molecule has 2 aromatic rings. The third-order valence-electron chi connectivity index (χ3n) is 7.56. The number of morpholine rings is 1. The molecule has 1 atom stereocenters. The molecular weight excluding hydrogens is 638 g/mol. The minimum Gasteiger partial charge on any atom is -0.539 e. The fraction of sp³-hybridized carbons (Fsp3) is 0.484. The number of aliphatic carboxylic acids is 4. The monoisotopic (exact) mass is 681 g/mol. The summed E-state index contributed by atoms with van der Waals surface area (Å²) in [6.07, 6.45) is 0. The number of carbonyl (C=O) groups is 4. The minimum atomic E-state index is -2.07. The standard InChI is InChI=1S/C27H39N3O6.2C2H2O4/c1-31-24-8-6-5-7-23(24)30-11-9-28(10-12-30)19-21(29-13-15-35-16-14-29)20-36-22-17-25(32-2)27(34-4)26(18-22)33-3;2*3-1(4)2(5)6/h5-8,17-18,21H,9-16,19-20H2,1-4H3;2*(H,3,4)(H,5,6). The van der Waals surface area contributed by atoms with Crippen LogP contribution >= 0.6 is 0 Å². The van der Waals surface area contributed by atoms with Gasteiger partial charge in [0.05, 0.1) is 54.2 Å². The van der Waals surface area contributed by atoms with Crippen LogP contribution in [0.3, 0.4) is 0 Å². The van der Waals surface area contributed by atoms with Gasteiger partial charge in [-0.2, -0.15) is 0 Å². The normalized spacial score (nSPS) is 17.9. The molecule has 2 aliphatic rings. The first kappa shape index (κ1) is 39.3. The fourth-order valence-corrected chi connectivity index (χ4v) is 5.22. The highest BCUT2D eigenvalue weighted by Crippen LogP contribution is 2.40. The van der Waals surface area contributed by atoms with Gasteiger partial charge < -0.3 is 63.3 Å². The molecule has 0 amide bonds. The van der Waals surface area contributed by atoms with Crippen LogP contribution in [0, 0.1) is 0 Å². The van der Waals surface area contributed by atoms with Crippen LogP contribution in [0.5, 0.6) is 28.7 Å². The van der Waals surface area contributed by atoms with Gasteiger partial charge in [0.25, 0.3) is 0 Å². The number of benzene rings is 2. The number of piperazine rings is 1. The van der Waals surface area contributed by atoms with Gasteiger partial charge in [0.15, 0.2) is 34.9 Å². The van der Waals surface area contributed by atoms with Gasteiger partial charge in [0.2, 0.25) is 5.75 Å². The highest BCUT2D eigenvalue weighted by Gasteiger charge is 2.31. The zero-order valence-electron chi connectivity index (χ0n) is 27.4. The second kappa shape index (κ2) is 20.4. The van der Waals surface area contributed by atoms with E-state index < -0.39 is 23.9 Å². The van der Waals surface area contributed by atoms with Crippen molar-refractivity contribution < 1.29 is 77.8 Å². The summed E-state index contributed by atoms with van der Waals surface area (Å²) in [6.45, 7) is 9.39. The quantitative estimate of drug-likeness (QED) is 0.164. The lowest BCUT2D eigenvalue weighted by Gasteiger charge is -2.37. The molecule has 0 saturated carbocycles. The van der Waals surface area contributed by atoms with E-state index in [9.17, 15) is 0 Å². The summed E-state index contributed by atoms with van der Waals surface area (Å²) in [7, 11) is 6.59. The molecule has 1 unspecified atom stereocenters. The zero-order valence-corrected chi connectivity index (χ0v) is 27.4. The van der Waals surface area contributed by atoms with Gasteiger partial charge in [-0.15, -0.1) is 0 Å². The largest absolute Gasteiger partial charge is 0.539 e. The topological polar surface area (TPSA) is 222 Å². The van der Waals surface area contributed by atoms with Crippen LogP contribution < -0.4 is 43.7 Å². The van der Waals surface area contributed by atoms with Crippen molar-refractivity contribution in [2.24, 2.45) is 0 Å². The molecule has 266 valence electrons. The summed E-state index contributed by atoms with van der Waals surface area (Å²) in [6, 6.07) is 12.4. The van der Waals surface area contributed by atoms with Gasteiger partial charge in [0.1, 0.15) is 38.5 Å². The molecule has 17 heteroatoms. The molecule has 48 heavy (non-hydrogen) atoms. The summed E-state index contributed by atoms with van der Waals surface area (Å²) in [5, 5.41) is 32.6. The summed E-state index contributed by atoms with van der Waals surface area (Å²) in [5.41, 5.74) is 1.26. The third kappa shape index (κ3) is 12.4. The van der Waals surface area contributed by atoms with Crippen LogP contribution in [0.1, 0.15) is 0 Å². The van der Waals surface area contributed by atoms with E-state index in [1.807, 2.05) is 18.2 Å². The van der Waals surface area contributed by atoms with E-state index in [2.05, 4.69) is 23.1 Å². The van der Waals surface area contributed by atoms with E-state index in [1.54, 1.807) is 33.3 Å². The molecule has 4 rings (SSSR count). The summed E-state index contributed by atoms with van der Waals surface area (Å²) >= 11 is 0. The smallest absolute Gasteiger partial charge is 0.351 e. The van der Waals surface area contributed by atoms with E-state index in [4.69, 9.17) is 68.0 Å². The first-order valence-electron chi connectivity index (χ1n) is 14.9. The average Bonchev–Trinajstić information content (AvgIpc) is 3.10. The van der Waals surface area contributed by atoms with Crippen molar-refractivity contribution >= 4 is 29.6 Å². The highest BCUT2D eigenvalue weighted by molar-refractivity contribution is 6.26. The lowest BCUT2D eigenvalue weighted by atomic mass is 10.2. The molecule has 2 aliphatic heterocycles. The van der Waals surface area contributed by atoms with Crippen molar-refractivity contribution in [2.45, 2.75) is 6.04 Å². The third-order valence-corrected chi connectivity index (χ3v) is 7.56. The lowest BCUT2D eigenvalue weighted by Crippen LogP contribution is -3.26. The molecule has 2 fully saturated rings. The molecule has 0 aromatic heterocycles. The Morgan fingerprint density at radius 3 is 1.77 bits per heavy atom. The summed E-state index contributed by atoms with van der Waals surface area (Å²) in [4.78, 5) is 41.7. The zero-order chi connectivity index (χ0) is 35.6. The number of hydrogen-bond acceptors (Lipinski definition) is 13. The van der Waals surface area contributed by atoms with Gasteiger partial charge in [-0.25, -0.2) is 9.59 Å². The van der Waals surface area contributed by atoms with Crippen molar-refractivity contribution in [1.82, 2.24) is 4.90 Å². The van der Waals surface area contributed by atoms with E-state index >= 15 is 0 Å². The number of carbonyl (C=O) groups excluding carboxylic acids is 2. The van der Waals surface area contributed by atoms with Gasteiger partial charge in [-0.05, 0) is 6.07 Å². The van der Waals surface area contributed by atoms with Crippen LogP contribution in [-0.4, -0.2) is 139 Å². The molecule has 0 spiro atoms. The average molecular weight is 682 g/mol. The molecule has 2 saturated heterocycles. The molecule has 2 heterocycles. The van der Waals surface area contributed by atoms with Crippen molar-refractivity contribution in [3.8, 4) is 28.7 Å². The second-order valence-corrected chi connectivity index (χ2v) is 10.4. The minimum absolute atomic E-state index is 0.288. The number of methoxy groups -OCH3 is 4. The molecule has 0 aliphatic carbocycles. The van der Waals surface area contributed by atoms with Crippen molar-refractivity contribution in [1.29, 1.82) is 0 Å². The lowest BCUT2D eigenvalue weighted by molar-refractivity contribution is -0.987. The molecule has 0 radical (unpaired) electrons. The highest BCUT2D eigenvalue weighted by atomic mass is 16.5. The Balaban J connectivity index is 0.000000570. The number of rotatable bonds is 11. The van der Waals surface area contributed by atoms with Gasteiger partial charge >= 0.3 is 11.9 Å². The number of nitrogens with one attached hydrogen (secondary N) is 2. The number of carboxylic acids is 4. The fourth-order valence-electron chi connectivity index (χ4n) is 5.22. The number of para-hydroxylation sites is 2. The summed E-state index contributed by atoms with van der Waals surface area (Å²) in [5.74, 6) is -4.58. The number of ether oxygens (including phenoxy) is 6. The van der Waals surface area contributed by atoms with Crippen LogP contribution in [0.2, 0.25) is 0 Å². The Morgan fingerprint density at radius 1 is 0.812 bits per heavy atom. The first-order chi connectivity index (χ1) is 22.9. The number of quaternary nitrogens is 2. The van der Waals surface area contributed by atoms with Crippen LogP contribution in [0.15, 0.2) is 36.4 Å². The Labute approximate surface area is 277 Å². The summed E-state index contributed by atoms with van der Waals surface area (Å²) < 4.78 is 34.0.